The van der Waals surface area contributed by atoms with Gasteiger partial charge in [0.1, 0.15) is 16.9 Å². The molecule has 1 spiro atoms. The quantitative estimate of drug-likeness (QED) is 0.240. The average molecular weight is 637 g/mol. The topological polar surface area (TPSA) is 80.3 Å². The van der Waals surface area contributed by atoms with Crippen molar-refractivity contribution in [3.05, 3.63) is 115 Å². The molecule has 2 N–H and O–H groups in total. The summed E-state index contributed by atoms with van der Waals surface area (Å²) in [6.07, 6.45) is 0.0965. The number of carbonyl (C=O) groups excluding carboxylic acids is 2. The molecule has 2 amide bonds. The highest BCUT2D eigenvalue weighted by molar-refractivity contribution is 9.10. The molecule has 9 heteroatoms. The molecule has 6 rings (SSSR count). The first kappa shape index (κ1) is 26.8. The van der Waals surface area contributed by atoms with Gasteiger partial charge in [-0.1, -0.05) is 57.3 Å². The van der Waals surface area contributed by atoms with Crippen molar-refractivity contribution in [2.45, 2.75) is 37.6 Å². The maximum absolute atomic E-state index is 14.3. The molecule has 3 heterocycles. The molecule has 0 unspecified atom stereocenters. The van der Waals surface area contributed by atoms with E-state index in [4.69, 9.17) is 27.9 Å². The van der Waals surface area contributed by atoms with Crippen LogP contribution in [0.4, 0.5) is 5.69 Å². The summed E-state index contributed by atoms with van der Waals surface area (Å²) in [7, 11) is 0. The summed E-state index contributed by atoms with van der Waals surface area (Å²) in [5.41, 5.74) is 3.22. The fraction of sp³-hybridized carbons (Fsp3) is 0.194. The van der Waals surface area contributed by atoms with Gasteiger partial charge in [0.25, 0.3) is 0 Å². The van der Waals surface area contributed by atoms with E-state index in [2.05, 4.69) is 31.5 Å². The van der Waals surface area contributed by atoms with Gasteiger partial charge in [-0.05, 0) is 67.4 Å². The van der Waals surface area contributed by atoms with Gasteiger partial charge in [-0.25, -0.2) is 0 Å². The molecule has 202 valence electrons. The van der Waals surface area contributed by atoms with Crippen molar-refractivity contribution in [2.75, 3.05) is 5.32 Å². The molecule has 0 radical (unpaired) electrons. The molecule has 2 aliphatic heterocycles. The molecule has 40 heavy (non-hydrogen) atoms. The number of ether oxygens (including phenoxy) is 1. The lowest BCUT2D eigenvalue weighted by Crippen LogP contribution is -2.56. The first-order chi connectivity index (χ1) is 19.1. The van der Waals surface area contributed by atoms with Crippen LogP contribution in [-0.2, 0) is 15.0 Å². The summed E-state index contributed by atoms with van der Waals surface area (Å²) < 4.78 is 7.21. The highest BCUT2D eigenvalue weighted by Crippen LogP contribution is 2.58. The number of halogens is 3. The maximum atomic E-state index is 14.3. The lowest BCUT2D eigenvalue weighted by Gasteiger charge is -2.46. The number of rotatable bonds is 4. The predicted octanol–water partition coefficient (Wildman–Crippen LogP) is 7.79. The standard InChI is InChI=1S/C31H24BrCl2N3O3/c1-16-10-22(11-17(2)35-16)40-27-9-6-19(32)13-23(27)29-31(24-8-7-21(34)14-26(24)36-30(31)39)25(15-28(38)37-29)18-4-3-5-20(33)12-18/h3-14,25,29H,15H2,1-2H3,(H,36,39)(H,37,38)/t25-,29+,31-/m0/s1. The van der Waals surface area contributed by atoms with Crippen molar-refractivity contribution in [3.8, 4) is 11.5 Å². The first-order valence-corrected chi connectivity index (χ1v) is 14.3. The molecule has 1 aromatic heterocycles. The van der Waals surface area contributed by atoms with Gasteiger partial charge < -0.3 is 15.4 Å². The molecule has 3 aromatic carbocycles. The summed E-state index contributed by atoms with van der Waals surface area (Å²) in [5, 5.41) is 7.25. The van der Waals surface area contributed by atoms with Crippen LogP contribution in [0.1, 0.15) is 46.5 Å². The van der Waals surface area contributed by atoms with E-state index in [1.165, 1.54) is 0 Å². The van der Waals surface area contributed by atoms with Gasteiger partial charge in [-0.3, -0.25) is 14.6 Å². The Kier molecular flexibility index (Phi) is 6.85. The van der Waals surface area contributed by atoms with Gasteiger partial charge in [0, 0.05) is 61.6 Å². The van der Waals surface area contributed by atoms with Gasteiger partial charge >= 0.3 is 0 Å². The summed E-state index contributed by atoms with van der Waals surface area (Å²) >= 11 is 16.4. The molecule has 6 nitrogen and oxygen atoms in total. The monoisotopic (exact) mass is 635 g/mol. The third-order valence-electron chi connectivity index (χ3n) is 7.57. The molecule has 0 aliphatic carbocycles. The fourth-order valence-corrected chi connectivity index (χ4v) is 6.84. The van der Waals surface area contributed by atoms with Crippen LogP contribution in [0.25, 0.3) is 0 Å². The Morgan fingerprint density at radius 1 is 0.950 bits per heavy atom. The second-order valence-electron chi connectivity index (χ2n) is 10.2. The zero-order valence-corrected chi connectivity index (χ0v) is 24.7. The largest absolute Gasteiger partial charge is 0.457 e. The van der Waals surface area contributed by atoms with Crippen LogP contribution < -0.4 is 15.4 Å². The molecule has 1 fully saturated rings. The Morgan fingerprint density at radius 3 is 2.45 bits per heavy atom. The SMILES string of the molecule is Cc1cc(Oc2ccc(Br)cc2[C@H]2NC(=O)C[C@@H](c3cccc(Cl)c3)[C@]23C(=O)Nc2cc(Cl)ccc23)cc(C)n1. The van der Waals surface area contributed by atoms with Gasteiger partial charge in [0.05, 0.1) is 6.04 Å². The summed E-state index contributed by atoms with van der Waals surface area (Å²) in [5.74, 6) is 0.183. The minimum absolute atomic E-state index is 0.0965. The summed E-state index contributed by atoms with van der Waals surface area (Å²) in [4.78, 5) is 32.2. The van der Waals surface area contributed by atoms with Crippen LogP contribution in [0.3, 0.4) is 0 Å². The van der Waals surface area contributed by atoms with E-state index in [0.717, 1.165) is 27.0 Å². The second-order valence-corrected chi connectivity index (χ2v) is 12.0. The number of nitrogens with zero attached hydrogens (tertiary/aromatic N) is 1. The Labute approximate surface area is 250 Å². The number of hydrogen-bond donors (Lipinski definition) is 2. The number of anilines is 1. The number of piperidine rings is 1. The molecule has 1 saturated heterocycles. The number of carbonyl (C=O) groups is 2. The molecular formula is C31H24BrCl2N3O3. The lowest BCUT2D eigenvalue weighted by atomic mass is 9.59. The van der Waals surface area contributed by atoms with E-state index in [1.807, 2.05) is 68.4 Å². The molecule has 4 aromatic rings. The van der Waals surface area contributed by atoms with Crippen molar-refractivity contribution in [1.29, 1.82) is 0 Å². The number of benzene rings is 3. The van der Waals surface area contributed by atoms with Crippen molar-refractivity contribution >= 4 is 56.6 Å². The van der Waals surface area contributed by atoms with E-state index >= 15 is 0 Å². The van der Waals surface area contributed by atoms with Crippen LogP contribution in [0.2, 0.25) is 10.0 Å². The van der Waals surface area contributed by atoms with Crippen molar-refractivity contribution in [3.63, 3.8) is 0 Å². The number of aromatic nitrogens is 1. The third kappa shape index (κ3) is 4.56. The number of amides is 2. The van der Waals surface area contributed by atoms with Gasteiger partial charge in [-0.2, -0.15) is 0 Å². The highest BCUT2D eigenvalue weighted by Gasteiger charge is 2.61. The first-order valence-electron chi connectivity index (χ1n) is 12.7. The zero-order valence-electron chi connectivity index (χ0n) is 21.6. The fourth-order valence-electron chi connectivity index (χ4n) is 6.09. The van der Waals surface area contributed by atoms with E-state index in [0.29, 0.717) is 32.8 Å². The van der Waals surface area contributed by atoms with Gasteiger partial charge in [0.2, 0.25) is 11.8 Å². The Morgan fingerprint density at radius 2 is 1.70 bits per heavy atom. The number of pyridine rings is 1. The maximum Gasteiger partial charge on any atom is 0.238 e. The minimum Gasteiger partial charge on any atom is -0.457 e. The van der Waals surface area contributed by atoms with Crippen molar-refractivity contribution in [2.24, 2.45) is 0 Å². The molecule has 0 bridgehead atoms. The van der Waals surface area contributed by atoms with Crippen LogP contribution >= 0.6 is 39.1 Å². The number of nitrogens with one attached hydrogen (secondary N) is 2. The van der Waals surface area contributed by atoms with Gasteiger partial charge in [-0.15, -0.1) is 0 Å². The van der Waals surface area contributed by atoms with Gasteiger partial charge in [0.15, 0.2) is 0 Å². The Hall–Kier alpha value is -3.39. The molecule has 0 saturated carbocycles. The molecule has 3 atom stereocenters. The number of fused-ring (bicyclic) bond motifs is 2. The van der Waals surface area contributed by atoms with Crippen molar-refractivity contribution in [1.82, 2.24) is 10.3 Å². The van der Waals surface area contributed by atoms with E-state index in [-0.39, 0.29) is 18.2 Å². The van der Waals surface area contributed by atoms with E-state index in [9.17, 15) is 9.59 Å². The summed E-state index contributed by atoms with van der Waals surface area (Å²) in [6.45, 7) is 3.80. The van der Waals surface area contributed by atoms with Crippen LogP contribution in [-0.4, -0.2) is 16.8 Å². The lowest BCUT2D eigenvalue weighted by molar-refractivity contribution is -0.131. The highest BCUT2D eigenvalue weighted by atomic mass is 79.9. The number of aryl methyl sites for hydroxylation is 2. The van der Waals surface area contributed by atoms with Crippen LogP contribution in [0, 0.1) is 13.8 Å². The zero-order chi connectivity index (χ0) is 28.2. The smallest absolute Gasteiger partial charge is 0.238 e. The van der Waals surface area contributed by atoms with Crippen LogP contribution in [0.5, 0.6) is 11.5 Å². The van der Waals surface area contributed by atoms with Crippen LogP contribution in [0.15, 0.2) is 77.3 Å². The van der Waals surface area contributed by atoms with E-state index < -0.39 is 17.4 Å². The summed E-state index contributed by atoms with van der Waals surface area (Å²) in [6, 6.07) is 21.2. The predicted molar refractivity (Wildman–Crippen MR) is 159 cm³/mol. The minimum atomic E-state index is -1.22. The Balaban J connectivity index is 1.60. The number of hydrogen-bond acceptors (Lipinski definition) is 4. The third-order valence-corrected chi connectivity index (χ3v) is 8.53. The average Bonchev–Trinajstić information content (AvgIpc) is 3.16. The second kappa shape index (κ2) is 10.2. The normalized spacial score (nSPS) is 21.6. The van der Waals surface area contributed by atoms with Crippen molar-refractivity contribution < 1.29 is 14.3 Å². The van der Waals surface area contributed by atoms with E-state index in [1.54, 1.807) is 18.2 Å². The molecular weight excluding hydrogens is 613 g/mol. The Bertz CT molecular complexity index is 1670. The molecule has 2 aliphatic rings.